The van der Waals surface area contributed by atoms with Crippen LogP contribution in [-0.4, -0.2) is 34.0 Å². The molecule has 3 aromatic rings. The number of aliphatic carboxylic acids is 1. The third-order valence-electron chi connectivity index (χ3n) is 4.74. The maximum absolute atomic E-state index is 12.4. The Hall–Kier alpha value is -4.20. The molecule has 3 amide bonds. The molecule has 0 aliphatic carbocycles. The van der Waals surface area contributed by atoms with Crippen LogP contribution in [0.1, 0.15) is 24.2 Å². The van der Waals surface area contributed by atoms with Gasteiger partial charge in [-0.2, -0.15) is 0 Å². The number of nitrogens with zero attached hydrogens (tertiary/aromatic N) is 1. The average Bonchev–Trinajstić information content (AvgIpc) is 2.78. The molecular formula is C24H24N4O4. The molecule has 1 heterocycles. The van der Waals surface area contributed by atoms with E-state index in [9.17, 15) is 19.5 Å². The fourth-order valence-electron chi connectivity index (χ4n) is 2.99. The van der Waals surface area contributed by atoms with Gasteiger partial charge in [0.25, 0.3) is 5.91 Å². The van der Waals surface area contributed by atoms with E-state index >= 15 is 0 Å². The smallest absolute Gasteiger partial charge is 0.326 e. The van der Waals surface area contributed by atoms with Gasteiger partial charge in [-0.05, 0) is 47.9 Å². The van der Waals surface area contributed by atoms with E-state index in [1.54, 1.807) is 68.6 Å². The Kier molecular flexibility index (Phi) is 7.17. The number of hydrogen-bond donors (Lipinski definition) is 4. The Labute approximate surface area is 185 Å². The summed E-state index contributed by atoms with van der Waals surface area (Å²) >= 11 is 0. The summed E-state index contributed by atoms with van der Waals surface area (Å²) in [5.74, 6) is -1.35. The number of anilines is 2. The molecule has 0 bridgehead atoms. The molecular weight excluding hydrogens is 408 g/mol. The zero-order valence-corrected chi connectivity index (χ0v) is 17.7. The third kappa shape index (κ3) is 5.91. The SMILES string of the molecule is CC(C)[C@H](NC(=O)c1ccc(-c2ccc(NC(=O)Nc3ccccc3)nc2)cc1)C(=O)O. The van der Waals surface area contributed by atoms with Gasteiger partial charge in [0.1, 0.15) is 11.9 Å². The summed E-state index contributed by atoms with van der Waals surface area (Å²) < 4.78 is 0. The number of carboxylic acids is 1. The first kappa shape index (κ1) is 22.5. The standard InChI is InChI=1S/C24H24N4O4/c1-15(2)21(23(30)31)28-22(29)17-10-8-16(9-11-17)18-12-13-20(25-14-18)27-24(32)26-19-6-4-3-5-7-19/h3-15,21H,1-2H3,(H,28,29)(H,30,31)(H2,25,26,27,32)/t21-/m0/s1. The van der Waals surface area contributed by atoms with Gasteiger partial charge < -0.3 is 15.7 Å². The van der Waals surface area contributed by atoms with Gasteiger partial charge in [-0.15, -0.1) is 0 Å². The van der Waals surface area contributed by atoms with Crippen LogP contribution in [0.3, 0.4) is 0 Å². The van der Waals surface area contributed by atoms with Gasteiger partial charge in [0.05, 0.1) is 0 Å². The fraction of sp³-hybridized carbons (Fsp3) is 0.167. The summed E-state index contributed by atoms with van der Waals surface area (Å²) in [6.45, 7) is 3.47. The number of carbonyl (C=O) groups is 3. The molecule has 0 aliphatic heterocycles. The quantitative estimate of drug-likeness (QED) is 0.445. The molecule has 8 heteroatoms. The van der Waals surface area contributed by atoms with Crippen molar-refractivity contribution in [3.05, 3.63) is 78.5 Å². The number of pyridine rings is 1. The Balaban J connectivity index is 1.62. The molecule has 1 aromatic heterocycles. The molecule has 0 fully saturated rings. The third-order valence-corrected chi connectivity index (χ3v) is 4.74. The van der Waals surface area contributed by atoms with Crippen LogP contribution in [0.2, 0.25) is 0 Å². The number of nitrogens with one attached hydrogen (secondary N) is 3. The predicted octanol–water partition coefficient (Wildman–Crippen LogP) is 4.23. The lowest BCUT2D eigenvalue weighted by Crippen LogP contribution is -2.44. The van der Waals surface area contributed by atoms with Gasteiger partial charge in [0.15, 0.2) is 0 Å². The lowest BCUT2D eigenvalue weighted by molar-refractivity contribution is -0.140. The molecule has 8 nitrogen and oxygen atoms in total. The number of amides is 3. The van der Waals surface area contributed by atoms with E-state index in [0.717, 1.165) is 11.1 Å². The number of urea groups is 1. The maximum atomic E-state index is 12.4. The van der Waals surface area contributed by atoms with E-state index in [1.165, 1.54) is 0 Å². The van der Waals surface area contributed by atoms with Crippen LogP contribution in [-0.2, 0) is 4.79 Å². The molecule has 0 radical (unpaired) electrons. The summed E-state index contributed by atoms with van der Waals surface area (Å²) in [4.78, 5) is 40.0. The van der Waals surface area contributed by atoms with Crippen molar-refractivity contribution in [2.75, 3.05) is 10.6 Å². The highest BCUT2D eigenvalue weighted by Crippen LogP contribution is 2.20. The molecule has 4 N–H and O–H groups in total. The summed E-state index contributed by atoms with van der Waals surface area (Å²) in [7, 11) is 0. The molecule has 0 aliphatic rings. The molecule has 0 spiro atoms. The number of rotatable bonds is 7. The average molecular weight is 432 g/mol. The Bertz CT molecular complexity index is 1080. The summed E-state index contributed by atoms with van der Waals surface area (Å²) in [5.41, 5.74) is 2.67. The van der Waals surface area contributed by atoms with E-state index in [2.05, 4.69) is 20.9 Å². The van der Waals surface area contributed by atoms with Gasteiger partial charge in [-0.1, -0.05) is 44.2 Å². The maximum Gasteiger partial charge on any atom is 0.326 e. The molecule has 3 rings (SSSR count). The minimum atomic E-state index is -1.07. The second-order valence-electron chi connectivity index (χ2n) is 7.49. The molecule has 0 saturated heterocycles. The van der Waals surface area contributed by atoms with E-state index < -0.39 is 23.9 Å². The van der Waals surface area contributed by atoms with Crippen LogP contribution < -0.4 is 16.0 Å². The van der Waals surface area contributed by atoms with Crippen molar-refractivity contribution in [2.45, 2.75) is 19.9 Å². The number of hydrogen-bond acceptors (Lipinski definition) is 4. The van der Waals surface area contributed by atoms with Crippen molar-refractivity contribution < 1.29 is 19.5 Å². The topological polar surface area (TPSA) is 120 Å². The van der Waals surface area contributed by atoms with Crippen molar-refractivity contribution in [3.63, 3.8) is 0 Å². The first-order chi connectivity index (χ1) is 15.3. The largest absolute Gasteiger partial charge is 0.480 e. The molecule has 32 heavy (non-hydrogen) atoms. The highest BCUT2D eigenvalue weighted by Gasteiger charge is 2.23. The van der Waals surface area contributed by atoms with E-state index in [1.807, 2.05) is 18.2 Å². The number of carbonyl (C=O) groups excluding carboxylic acids is 2. The van der Waals surface area contributed by atoms with Crippen LogP contribution in [0.5, 0.6) is 0 Å². The van der Waals surface area contributed by atoms with Crippen LogP contribution in [0, 0.1) is 5.92 Å². The van der Waals surface area contributed by atoms with Crippen molar-refractivity contribution in [2.24, 2.45) is 5.92 Å². The van der Waals surface area contributed by atoms with Crippen molar-refractivity contribution >= 4 is 29.4 Å². The molecule has 164 valence electrons. The van der Waals surface area contributed by atoms with Gasteiger partial charge in [0, 0.05) is 23.0 Å². The van der Waals surface area contributed by atoms with E-state index in [4.69, 9.17) is 0 Å². The van der Waals surface area contributed by atoms with Crippen molar-refractivity contribution in [1.29, 1.82) is 0 Å². The minimum absolute atomic E-state index is 0.233. The van der Waals surface area contributed by atoms with Gasteiger partial charge in [0.2, 0.25) is 0 Å². The zero-order valence-electron chi connectivity index (χ0n) is 17.7. The Morgan fingerprint density at radius 1 is 0.844 bits per heavy atom. The molecule has 0 saturated carbocycles. The van der Waals surface area contributed by atoms with Crippen LogP contribution in [0.15, 0.2) is 72.9 Å². The van der Waals surface area contributed by atoms with Gasteiger partial charge in [-0.3, -0.25) is 10.1 Å². The van der Waals surface area contributed by atoms with Gasteiger partial charge >= 0.3 is 12.0 Å². The fourth-order valence-corrected chi connectivity index (χ4v) is 2.99. The lowest BCUT2D eigenvalue weighted by atomic mass is 10.0. The molecule has 1 atom stereocenters. The predicted molar refractivity (Wildman–Crippen MR) is 122 cm³/mol. The molecule has 2 aromatic carbocycles. The van der Waals surface area contributed by atoms with Crippen LogP contribution in [0.4, 0.5) is 16.3 Å². The molecule has 0 unspecified atom stereocenters. The first-order valence-electron chi connectivity index (χ1n) is 10.1. The summed E-state index contributed by atoms with van der Waals surface area (Å²) in [6.07, 6.45) is 1.62. The highest BCUT2D eigenvalue weighted by molar-refractivity contribution is 5.99. The second kappa shape index (κ2) is 10.2. The first-order valence-corrected chi connectivity index (χ1v) is 10.1. The summed E-state index contributed by atoms with van der Waals surface area (Å²) in [5, 5.41) is 17.2. The van der Waals surface area contributed by atoms with Crippen LogP contribution >= 0.6 is 0 Å². The van der Waals surface area contributed by atoms with E-state index in [0.29, 0.717) is 17.1 Å². The van der Waals surface area contributed by atoms with E-state index in [-0.39, 0.29) is 5.92 Å². The Morgan fingerprint density at radius 2 is 1.50 bits per heavy atom. The Morgan fingerprint density at radius 3 is 2.06 bits per heavy atom. The van der Waals surface area contributed by atoms with Crippen molar-refractivity contribution in [3.8, 4) is 11.1 Å². The number of para-hydroxylation sites is 1. The second-order valence-corrected chi connectivity index (χ2v) is 7.49. The highest BCUT2D eigenvalue weighted by atomic mass is 16.4. The van der Waals surface area contributed by atoms with Crippen LogP contribution in [0.25, 0.3) is 11.1 Å². The van der Waals surface area contributed by atoms with Gasteiger partial charge in [-0.25, -0.2) is 14.6 Å². The lowest BCUT2D eigenvalue weighted by Gasteiger charge is -2.18. The minimum Gasteiger partial charge on any atom is -0.480 e. The summed E-state index contributed by atoms with van der Waals surface area (Å²) in [6, 6.07) is 18.0. The zero-order chi connectivity index (χ0) is 23.1. The number of carboxylic acid groups (broad SMARTS) is 1. The van der Waals surface area contributed by atoms with Crippen molar-refractivity contribution in [1.82, 2.24) is 10.3 Å². The number of benzene rings is 2. The number of aromatic nitrogens is 1. The monoisotopic (exact) mass is 432 g/mol. The normalized spacial score (nSPS) is 11.5.